The SMILES string of the molecule is CCC[C@@H](NCC(=O)Nc1ccccc1C(=O)NC1CC1)c1ccccc1. The van der Waals surface area contributed by atoms with Gasteiger partial charge in [0.2, 0.25) is 5.91 Å². The molecule has 2 aromatic carbocycles. The van der Waals surface area contributed by atoms with Gasteiger partial charge in [0.15, 0.2) is 0 Å². The molecule has 2 aromatic rings. The summed E-state index contributed by atoms with van der Waals surface area (Å²) in [6.45, 7) is 2.32. The fourth-order valence-corrected chi connectivity index (χ4v) is 3.05. The Hall–Kier alpha value is -2.66. The van der Waals surface area contributed by atoms with Crippen LogP contribution in [0.4, 0.5) is 5.69 Å². The molecule has 0 spiro atoms. The molecule has 3 N–H and O–H groups in total. The number of para-hydroxylation sites is 1. The van der Waals surface area contributed by atoms with Gasteiger partial charge in [-0.25, -0.2) is 0 Å². The molecule has 0 aliphatic heterocycles. The van der Waals surface area contributed by atoms with E-state index < -0.39 is 0 Å². The highest BCUT2D eigenvalue weighted by Gasteiger charge is 2.25. The predicted octanol–water partition coefficient (Wildman–Crippen LogP) is 3.65. The highest BCUT2D eigenvalue weighted by atomic mass is 16.2. The van der Waals surface area contributed by atoms with Crippen LogP contribution in [0.25, 0.3) is 0 Å². The lowest BCUT2D eigenvalue weighted by molar-refractivity contribution is -0.115. The van der Waals surface area contributed by atoms with Crippen LogP contribution in [0.15, 0.2) is 54.6 Å². The summed E-state index contributed by atoms with van der Waals surface area (Å²) < 4.78 is 0. The topological polar surface area (TPSA) is 70.2 Å². The van der Waals surface area contributed by atoms with Gasteiger partial charge in [0.1, 0.15) is 0 Å². The minimum absolute atomic E-state index is 0.130. The third-order valence-electron chi connectivity index (χ3n) is 4.65. The number of hydrogen-bond donors (Lipinski definition) is 3. The summed E-state index contributed by atoms with van der Waals surface area (Å²) in [7, 11) is 0. The van der Waals surface area contributed by atoms with Crippen LogP contribution in [0.5, 0.6) is 0 Å². The number of nitrogens with one attached hydrogen (secondary N) is 3. The zero-order valence-corrected chi connectivity index (χ0v) is 15.7. The van der Waals surface area contributed by atoms with E-state index in [1.807, 2.05) is 30.3 Å². The number of carbonyl (C=O) groups excluding carboxylic acids is 2. The van der Waals surface area contributed by atoms with Crippen molar-refractivity contribution in [1.29, 1.82) is 0 Å². The monoisotopic (exact) mass is 365 g/mol. The number of anilines is 1. The molecule has 5 heteroatoms. The summed E-state index contributed by atoms with van der Waals surface area (Å²) >= 11 is 0. The highest BCUT2D eigenvalue weighted by molar-refractivity contribution is 6.04. The van der Waals surface area contributed by atoms with Gasteiger partial charge in [0, 0.05) is 12.1 Å². The van der Waals surface area contributed by atoms with Crippen LogP contribution in [-0.4, -0.2) is 24.4 Å². The first-order valence-electron chi connectivity index (χ1n) is 9.65. The molecule has 1 aliphatic carbocycles. The number of amides is 2. The third-order valence-corrected chi connectivity index (χ3v) is 4.65. The molecule has 0 heterocycles. The van der Waals surface area contributed by atoms with Crippen molar-refractivity contribution in [3.63, 3.8) is 0 Å². The van der Waals surface area contributed by atoms with E-state index in [1.165, 1.54) is 5.56 Å². The molecule has 0 bridgehead atoms. The Balaban J connectivity index is 1.59. The molecule has 1 saturated carbocycles. The smallest absolute Gasteiger partial charge is 0.253 e. The molecule has 0 radical (unpaired) electrons. The Morgan fingerprint density at radius 3 is 2.44 bits per heavy atom. The summed E-state index contributed by atoms with van der Waals surface area (Å²) in [6.07, 6.45) is 4.04. The van der Waals surface area contributed by atoms with E-state index in [0.717, 1.165) is 25.7 Å². The minimum atomic E-state index is -0.154. The average molecular weight is 365 g/mol. The van der Waals surface area contributed by atoms with Gasteiger partial charge in [0.25, 0.3) is 5.91 Å². The number of rotatable bonds is 9. The number of carbonyl (C=O) groups is 2. The molecule has 142 valence electrons. The summed E-state index contributed by atoms with van der Waals surface area (Å²) in [5.74, 6) is -0.284. The van der Waals surface area contributed by atoms with Crippen LogP contribution in [0.3, 0.4) is 0 Å². The van der Waals surface area contributed by atoms with Crippen LogP contribution >= 0.6 is 0 Å². The van der Waals surface area contributed by atoms with Crippen LogP contribution < -0.4 is 16.0 Å². The van der Waals surface area contributed by atoms with Crippen molar-refractivity contribution in [2.45, 2.75) is 44.7 Å². The summed E-state index contributed by atoms with van der Waals surface area (Å²) in [6, 6.07) is 17.7. The van der Waals surface area contributed by atoms with Gasteiger partial charge < -0.3 is 16.0 Å². The normalized spacial score (nSPS) is 14.4. The van der Waals surface area contributed by atoms with Crippen molar-refractivity contribution in [1.82, 2.24) is 10.6 Å². The van der Waals surface area contributed by atoms with Crippen molar-refractivity contribution >= 4 is 17.5 Å². The first-order chi connectivity index (χ1) is 13.2. The standard InChI is InChI=1S/C22H27N3O2/c1-2-8-19(16-9-4-3-5-10-16)23-15-21(26)25-20-12-7-6-11-18(20)22(27)24-17-13-14-17/h3-7,9-12,17,19,23H,2,8,13-15H2,1H3,(H,24,27)(H,25,26)/t19-/m1/s1. The average Bonchev–Trinajstić information content (AvgIpc) is 3.50. The molecule has 1 atom stereocenters. The molecule has 1 aliphatic rings. The van der Waals surface area contributed by atoms with Gasteiger partial charge in [-0.2, -0.15) is 0 Å². The van der Waals surface area contributed by atoms with Crippen molar-refractivity contribution in [2.24, 2.45) is 0 Å². The largest absolute Gasteiger partial charge is 0.349 e. The second kappa shape index (κ2) is 9.33. The molecule has 0 unspecified atom stereocenters. The Labute approximate surface area is 160 Å². The van der Waals surface area contributed by atoms with Crippen LogP contribution in [0, 0.1) is 0 Å². The summed E-state index contributed by atoms with van der Waals surface area (Å²) in [5.41, 5.74) is 2.23. The fraction of sp³-hybridized carbons (Fsp3) is 0.364. The van der Waals surface area contributed by atoms with E-state index >= 15 is 0 Å². The zero-order valence-electron chi connectivity index (χ0n) is 15.7. The van der Waals surface area contributed by atoms with Gasteiger partial charge in [0.05, 0.1) is 17.8 Å². The Bertz CT molecular complexity index is 772. The van der Waals surface area contributed by atoms with E-state index in [2.05, 4.69) is 35.0 Å². The Morgan fingerprint density at radius 1 is 1.04 bits per heavy atom. The van der Waals surface area contributed by atoms with Crippen LogP contribution in [0.1, 0.15) is 54.6 Å². The quantitative estimate of drug-likeness (QED) is 0.635. The molecular formula is C22H27N3O2. The lowest BCUT2D eigenvalue weighted by atomic mass is 10.0. The van der Waals surface area contributed by atoms with Crippen molar-refractivity contribution in [2.75, 3.05) is 11.9 Å². The second-order valence-corrected chi connectivity index (χ2v) is 6.97. The zero-order chi connectivity index (χ0) is 19.1. The lowest BCUT2D eigenvalue weighted by Crippen LogP contribution is -2.32. The minimum Gasteiger partial charge on any atom is -0.349 e. The van der Waals surface area contributed by atoms with E-state index in [-0.39, 0.29) is 30.4 Å². The lowest BCUT2D eigenvalue weighted by Gasteiger charge is -2.19. The predicted molar refractivity (Wildman–Crippen MR) is 108 cm³/mol. The van der Waals surface area contributed by atoms with Crippen molar-refractivity contribution in [3.05, 3.63) is 65.7 Å². The Kier molecular flexibility index (Phi) is 6.60. The van der Waals surface area contributed by atoms with E-state index in [4.69, 9.17) is 0 Å². The molecule has 2 amide bonds. The molecule has 1 fully saturated rings. The van der Waals surface area contributed by atoms with E-state index in [1.54, 1.807) is 12.1 Å². The number of benzene rings is 2. The van der Waals surface area contributed by atoms with E-state index in [0.29, 0.717) is 11.3 Å². The van der Waals surface area contributed by atoms with Crippen LogP contribution in [0.2, 0.25) is 0 Å². The van der Waals surface area contributed by atoms with Gasteiger partial charge in [-0.05, 0) is 37.0 Å². The van der Waals surface area contributed by atoms with Gasteiger partial charge in [-0.1, -0.05) is 55.8 Å². The molecule has 27 heavy (non-hydrogen) atoms. The first kappa shape index (κ1) is 19.1. The second-order valence-electron chi connectivity index (χ2n) is 6.97. The van der Waals surface area contributed by atoms with Gasteiger partial charge >= 0.3 is 0 Å². The Morgan fingerprint density at radius 2 is 1.74 bits per heavy atom. The van der Waals surface area contributed by atoms with E-state index in [9.17, 15) is 9.59 Å². The van der Waals surface area contributed by atoms with Crippen LogP contribution in [-0.2, 0) is 4.79 Å². The number of hydrogen-bond acceptors (Lipinski definition) is 3. The molecule has 5 nitrogen and oxygen atoms in total. The summed E-state index contributed by atoms with van der Waals surface area (Å²) in [4.78, 5) is 24.8. The highest BCUT2D eigenvalue weighted by Crippen LogP contribution is 2.22. The summed E-state index contributed by atoms with van der Waals surface area (Å²) in [5, 5.41) is 9.17. The maximum absolute atomic E-state index is 12.5. The maximum atomic E-state index is 12.5. The fourth-order valence-electron chi connectivity index (χ4n) is 3.05. The first-order valence-corrected chi connectivity index (χ1v) is 9.65. The van der Waals surface area contributed by atoms with Gasteiger partial charge in [-0.15, -0.1) is 0 Å². The molecule has 0 aromatic heterocycles. The van der Waals surface area contributed by atoms with Crippen molar-refractivity contribution in [3.8, 4) is 0 Å². The molecule has 0 saturated heterocycles. The molecular weight excluding hydrogens is 338 g/mol. The maximum Gasteiger partial charge on any atom is 0.253 e. The third kappa shape index (κ3) is 5.66. The molecule has 3 rings (SSSR count). The van der Waals surface area contributed by atoms with Gasteiger partial charge in [-0.3, -0.25) is 9.59 Å². The van der Waals surface area contributed by atoms with Crippen molar-refractivity contribution < 1.29 is 9.59 Å².